The lowest BCUT2D eigenvalue weighted by molar-refractivity contribution is 0.859. The first-order valence-corrected chi connectivity index (χ1v) is 8.00. The predicted octanol–water partition coefficient (Wildman–Crippen LogP) is 5.17. The van der Waals surface area contributed by atoms with Gasteiger partial charge in [0.2, 0.25) is 0 Å². The molecule has 3 aromatic rings. The van der Waals surface area contributed by atoms with Gasteiger partial charge in [-0.2, -0.15) is 0 Å². The molecule has 0 radical (unpaired) electrons. The van der Waals surface area contributed by atoms with Crippen LogP contribution in [0.15, 0.2) is 53.9 Å². The summed E-state index contributed by atoms with van der Waals surface area (Å²) in [6.45, 7) is 0. The molecule has 0 bridgehead atoms. The second-order valence-electron chi connectivity index (χ2n) is 4.59. The molecule has 2 N–H and O–H groups in total. The molecule has 0 saturated heterocycles. The van der Waals surface area contributed by atoms with Crippen LogP contribution in [0.1, 0.15) is 16.6 Å². The fraction of sp³-hybridized carbons (Fsp3) is 0.0625. The summed E-state index contributed by atoms with van der Waals surface area (Å²) in [5.74, 6) is 0. The first-order valence-electron chi connectivity index (χ1n) is 6.36. The smallest absolute Gasteiger partial charge is 0.115 e. The summed E-state index contributed by atoms with van der Waals surface area (Å²) in [5, 5.41) is 3.92. The van der Waals surface area contributed by atoms with Gasteiger partial charge >= 0.3 is 0 Å². The van der Waals surface area contributed by atoms with Crippen molar-refractivity contribution in [3.63, 3.8) is 0 Å². The first-order chi connectivity index (χ1) is 10.1. The van der Waals surface area contributed by atoms with Crippen molar-refractivity contribution in [3.8, 4) is 11.3 Å². The van der Waals surface area contributed by atoms with Gasteiger partial charge in [-0.3, -0.25) is 0 Å². The molecule has 0 amide bonds. The average molecular weight is 335 g/mol. The van der Waals surface area contributed by atoms with Crippen LogP contribution in [0.4, 0.5) is 0 Å². The summed E-state index contributed by atoms with van der Waals surface area (Å²) in [4.78, 5) is 4.62. The van der Waals surface area contributed by atoms with E-state index in [4.69, 9.17) is 28.9 Å². The van der Waals surface area contributed by atoms with Crippen molar-refractivity contribution >= 4 is 34.5 Å². The molecular weight excluding hydrogens is 323 g/mol. The maximum Gasteiger partial charge on any atom is 0.115 e. The second kappa shape index (κ2) is 6.16. The molecule has 21 heavy (non-hydrogen) atoms. The SMILES string of the molecule is NC(c1ccccc1)c1nc(-c2ccc(Cl)c(Cl)c2)cs1. The number of rotatable bonds is 3. The molecule has 2 aromatic carbocycles. The Kier molecular flexibility index (Phi) is 4.27. The average Bonchev–Trinajstić information content (AvgIpc) is 3.00. The number of thiazole rings is 1. The molecule has 1 atom stereocenters. The molecule has 106 valence electrons. The number of nitrogens with two attached hydrogens (primary N) is 1. The van der Waals surface area contributed by atoms with Gasteiger partial charge in [-0.25, -0.2) is 4.98 Å². The van der Waals surface area contributed by atoms with Crippen LogP contribution in [0.2, 0.25) is 10.0 Å². The zero-order chi connectivity index (χ0) is 14.8. The van der Waals surface area contributed by atoms with Crippen molar-refractivity contribution in [1.29, 1.82) is 0 Å². The van der Waals surface area contributed by atoms with Crippen LogP contribution in [0, 0.1) is 0 Å². The Labute approximate surface area is 137 Å². The minimum absolute atomic E-state index is 0.215. The number of aromatic nitrogens is 1. The number of hydrogen-bond acceptors (Lipinski definition) is 3. The van der Waals surface area contributed by atoms with Gasteiger partial charge in [0, 0.05) is 10.9 Å². The van der Waals surface area contributed by atoms with Crippen LogP contribution in [-0.4, -0.2) is 4.98 Å². The van der Waals surface area contributed by atoms with E-state index >= 15 is 0 Å². The van der Waals surface area contributed by atoms with Crippen LogP contribution in [0.3, 0.4) is 0 Å². The number of hydrogen-bond donors (Lipinski definition) is 1. The maximum absolute atomic E-state index is 6.26. The first kappa shape index (κ1) is 14.5. The monoisotopic (exact) mass is 334 g/mol. The number of halogens is 2. The molecule has 5 heteroatoms. The highest BCUT2D eigenvalue weighted by Gasteiger charge is 2.14. The lowest BCUT2D eigenvalue weighted by Gasteiger charge is -2.08. The van der Waals surface area contributed by atoms with Gasteiger partial charge in [0.1, 0.15) is 5.01 Å². The van der Waals surface area contributed by atoms with Crippen molar-refractivity contribution in [2.45, 2.75) is 6.04 Å². The molecule has 1 unspecified atom stereocenters. The minimum Gasteiger partial charge on any atom is -0.318 e. The van der Waals surface area contributed by atoms with Gasteiger partial charge in [-0.15, -0.1) is 11.3 Å². The summed E-state index contributed by atoms with van der Waals surface area (Å²) in [6, 6.07) is 15.2. The van der Waals surface area contributed by atoms with E-state index in [1.807, 2.05) is 47.8 Å². The van der Waals surface area contributed by atoms with Crippen LogP contribution < -0.4 is 5.73 Å². The Morgan fingerprint density at radius 1 is 1.00 bits per heavy atom. The van der Waals surface area contributed by atoms with E-state index in [0.717, 1.165) is 21.8 Å². The van der Waals surface area contributed by atoms with E-state index in [9.17, 15) is 0 Å². The quantitative estimate of drug-likeness (QED) is 0.717. The molecule has 0 aliphatic carbocycles. The summed E-state index contributed by atoms with van der Waals surface area (Å²) >= 11 is 13.5. The molecule has 0 saturated carbocycles. The molecular formula is C16H12Cl2N2S. The normalized spacial score (nSPS) is 12.3. The highest BCUT2D eigenvalue weighted by molar-refractivity contribution is 7.10. The van der Waals surface area contributed by atoms with E-state index in [1.54, 1.807) is 17.4 Å². The van der Waals surface area contributed by atoms with Crippen molar-refractivity contribution in [2.24, 2.45) is 5.73 Å². The predicted molar refractivity (Wildman–Crippen MR) is 90.0 cm³/mol. The Bertz CT molecular complexity index is 756. The number of nitrogens with zero attached hydrogens (tertiary/aromatic N) is 1. The highest BCUT2D eigenvalue weighted by Crippen LogP contribution is 2.31. The van der Waals surface area contributed by atoms with E-state index in [2.05, 4.69) is 4.98 Å². The van der Waals surface area contributed by atoms with Gasteiger partial charge in [0.05, 0.1) is 21.8 Å². The van der Waals surface area contributed by atoms with Crippen LogP contribution >= 0.6 is 34.5 Å². The maximum atomic E-state index is 6.26. The molecule has 0 fully saturated rings. The molecule has 2 nitrogen and oxygen atoms in total. The van der Waals surface area contributed by atoms with Crippen molar-refractivity contribution in [1.82, 2.24) is 4.98 Å². The number of benzene rings is 2. The van der Waals surface area contributed by atoms with Gasteiger partial charge in [0.25, 0.3) is 0 Å². The van der Waals surface area contributed by atoms with Gasteiger partial charge in [0.15, 0.2) is 0 Å². The Morgan fingerprint density at radius 3 is 2.48 bits per heavy atom. The molecule has 3 rings (SSSR count). The zero-order valence-electron chi connectivity index (χ0n) is 11.0. The lowest BCUT2D eigenvalue weighted by Crippen LogP contribution is -2.11. The summed E-state index contributed by atoms with van der Waals surface area (Å²) in [5.41, 5.74) is 9.11. The van der Waals surface area contributed by atoms with Crippen LogP contribution in [0.5, 0.6) is 0 Å². The molecule has 1 heterocycles. The molecule has 0 aliphatic heterocycles. The van der Waals surface area contributed by atoms with Gasteiger partial charge in [-0.05, 0) is 17.7 Å². The fourth-order valence-electron chi connectivity index (χ4n) is 2.02. The van der Waals surface area contributed by atoms with E-state index < -0.39 is 0 Å². The topological polar surface area (TPSA) is 38.9 Å². The Morgan fingerprint density at radius 2 is 1.76 bits per heavy atom. The lowest BCUT2D eigenvalue weighted by atomic mass is 10.1. The summed E-state index contributed by atoms with van der Waals surface area (Å²) < 4.78 is 0. The zero-order valence-corrected chi connectivity index (χ0v) is 13.3. The Balaban J connectivity index is 1.91. The Hall–Kier alpha value is -1.39. The van der Waals surface area contributed by atoms with Gasteiger partial charge in [-0.1, -0.05) is 59.6 Å². The van der Waals surface area contributed by atoms with Crippen molar-refractivity contribution in [3.05, 3.63) is 74.5 Å². The third-order valence-corrected chi connectivity index (χ3v) is 4.83. The van der Waals surface area contributed by atoms with E-state index in [0.29, 0.717) is 10.0 Å². The van der Waals surface area contributed by atoms with Gasteiger partial charge < -0.3 is 5.73 Å². The van der Waals surface area contributed by atoms with Crippen molar-refractivity contribution < 1.29 is 0 Å². The fourth-order valence-corrected chi connectivity index (χ4v) is 3.17. The third-order valence-electron chi connectivity index (χ3n) is 3.16. The molecule has 1 aromatic heterocycles. The standard InChI is InChI=1S/C16H12Cl2N2S/c17-12-7-6-11(8-13(12)18)14-9-21-16(20-14)15(19)10-4-2-1-3-5-10/h1-9,15H,19H2. The summed E-state index contributed by atoms with van der Waals surface area (Å²) in [6.07, 6.45) is 0. The summed E-state index contributed by atoms with van der Waals surface area (Å²) in [7, 11) is 0. The second-order valence-corrected chi connectivity index (χ2v) is 6.29. The van der Waals surface area contributed by atoms with Crippen molar-refractivity contribution in [2.75, 3.05) is 0 Å². The molecule has 0 aliphatic rings. The largest absolute Gasteiger partial charge is 0.318 e. The molecule has 0 spiro atoms. The van der Waals surface area contributed by atoms with E-state index in [1.165, 1.54) is 0 Å². The van der Waals surface area contributed by atoms with Crippen LogP contribution in [-0.2, 0) is 0 Å². The van der Waals surface area contributed by atoms with Crippen LogP contribution in [0.25, 0.3) is 11.3 Å². The minimum atomic E-state index is -0.215. The van der Waals surface area contributed by atoms with E-state index in [-0.39, 0.29) is 6.04 Å². The third kappa shape index (κ3) is 3.11. The highest BCUT2D eigenvalue weighted by atomic mass is 35.5.